The Bertz CT molecular complexity index is 1070. The Morgan fingerprint density at radius 2 is 1.96 bits per heavy atom. The van der Waals surface area contributed by atoms with E-state index in [1.807, 2.05) is 24.3 Å². The van der Waals surface area contributed by atoms with E-state index in [0.29, 0.717) is 17.1 Å². The van der Waals surface area contributed by atoms with Crippen molar-refractivity contribution in [2.45, 2.75) is 10.8 Å². The fourth-order valence-electron chi connectivity index (χ4n) is 2.48. The van der Waals surface area contributed by atoms with Gasteiger partial charge in [-0.15, -0.1) is 11.8 Å². The van der Waals surface area contributed by atoms with E-state index >= 15 is 0 Å². The number of anilines is 2. The molecule has 4 rings (SSSR count). The molecule has 0 spiro atoms. The van der Waals surface area contributed by atoms with Crippen molar-refractivity contribution < 1.29 is 4.79 Å². The van der Waals surface area contributed by atoms with Gasteiger partial charge in [-0.1, -0.05) is 12.1 Å². The average Bonchev–Trinajstić information content (AvgIpc) is 3.17. The first-order valence-electron chi connectivity index (χ1n) is 8.12. The summed E-state index contributed by atoms with van der Waals surface area (Å²) in [5.74, 6) is 0.705. The largest absolute Gasteiger partial charge is 0.323 e. The van der Waals surface area contributed by atoms with Crippen LogP contribution >= 0.6 is 11.8 Å². The average molecular weight is 377 g/mol. The van der Waals surface area contributed by atoms with Crippen LogP contribution in [0.2, 0.25) is 0 Å². The fraction of sp³-hybridized carbons (Fsp3) is 0.0556. The Morgan fingerprint density at radius 1 is 1.07 bits per heavy atom. The molecule has 8 nitrogen and oxygen atoms in total. The molecule has 3 heterocycles. The van der Waals surface area contributed by atoms with Crippen molar-refractivity contribution in [2.75, 3.05) is 10.6 Å². The highest BCUT2D eigenvalue weighted by atomic mass is 32.2. The fourth-order valence-corrected chi connectivity index (χ4v) is 3.39. The lowest BCUT2D eigenvalue weighted by Crippen LogP contribution is -2.19. The number of hydrogen-bond donors (Lipinski definition) is 3. The van der Waals surface area contributed by atoms with E-state index in [1.54, 1.807) is 42.5 Å². The number of amides is 2. The molecule has 0 aliphatic carbocycles. The van der Waals surface area contributed by atoms with Crippen molar-refractivity contribution in [1.82, 2.24) is 25.1 Å². The van der Waals surface area contributed by atoms with Gasteiger partial charge in [-0.3, -0.25) is 10.1 Å². The van der Waals surface area contributed by atoms with Crippen LogP contribution < -0.4 is 10.6 Å². The molecule has 3 aromatic heterocycles. The minimum Gasteiger partial charge on any atom is -0.308 e. The number of urea groups is 1. The Balaban J connectivity index is 1.40. The first kappa shape index (κ1) is 17.0. The standard InChI is InChI=1S/C18H15N7OS/c26-18(24-14-5-2-6-19-8-14)23-13-4-1-3-12(7-13)10-27-17-15-9-22-25-16(15)20-11-21-17/h1-9,11H,10H2,(H2,23,24,26)(H,20,21,22,25). The molecule has 0 saturated carbocycles. The molecule has 1 aromatic carbocycles. The number of benzene rings is 1. The molecule has 0 unspecified atom stereocenters. The summed E-state index contributed by atoms with van der Waals surface area (Å²) in [6, 6.07) is 10.9. The number of hydrogen-bond acceptors (Lipinski definition) is 6. The van der Waals surface area contributed by atoms with Gasteiger partial charge in [-0.05, 0) is 29.8 Å². The number of aromatic amines is 1. The van der Waals surface area contributed by atoms with Crippen molar-refractivity contribution in [3.63, 3.8) is 0 Å². The summed E-state index contributed by atoms with van der Waals surface area (Å²) < 4.78 is 0. The maximum atomic E-state index is 12.1. The second-order valence-corrected chi connectivity index (χ2v) is 6.59. The zero-order valence-electron chi connectivity index (χ0n) is 14.1. The quantitative estimate of drug-likeness (QED) is 0.362. The molecule has 9 heteroatoms. The van der Waals surface area contributed by atoms with Crippen molar-refractivity contribution >= 4 is 40.2 Å². The van der Waals surface area contributed by atoms with Gasteiger partial charge in [0.25, 0.3) is 0 Å². The lowest BCUT2D eigenvalue weighted by Gasteiger charge is -2.09. The summed E-state index contributed by atoms with van der Waals surface area (Å²) >= 11 is 1.59. The molecular weight excluding hydrogens is 362 g/mol. The smallest absolute Gasteiger partial charge is 0.308 e. The molecule has 27 heavy (non-hydrogen) atoms. The predicted molar refractivity (Wildman–Crippen MR) is 105 cm³/mol. The topological polar surface area (TPSA) is 108 Å². The second-order valence-electron chi connectivity index (χ2n) is 5.62. The Hall–Kier alpha value is -3.46. The van der Waals surface area contributed by atoms with Crippen LogP contribution in [-0.2, 0) is 5.75 Å². The first-order valence-corrected chi connectivity index (χ1v) is 9.10. The summed E-state index contributed by atoms with van der Waals surface area (Å²) in [4.78, 5) is 24.5. The molecule has 2 amide bonds. The molecule has 0 aliphatic heterocycles. The molecule has 0 radical (unpaired) electrons. The number of nitrogens with zero attached hydrogens (tertiary/aromatic N) is 4. The van der Waals surface area contributed by atoms with Gasteiger partial charge in [0.15, 0.2) is 5.65 Å². The van der Waals surface area contributed by atoms with Crippen molar-refractivity contribution in [2.24, 2.45) is 0 Å². The number of nitrogens with one attached hydrogen (secondary N) is 3. The van der Waals surface area contributed by atoms with Crippen molar-refractivity contribution in [1.29, 1.82) is 0 Å². The Morgan fingerprint density at radius 3 is 2.85 bits per heavy atom. The van der Waals surface area contributed by atoms with Gasteiger partial charge < -0.3 is 10.6 Å². The monoisotopic (exact) mass is 377 g/mol. The molecule has 0 atom stereocenters. The number of H-pyrrole nitrogens is 1. The van der Waals surface area contributed by atoms with E-state index in [4.69, 9.17) is 0 Å². The zero-order valence-corrected chi connectivity index (χ0v) is 14.9. The third kappa shape index (κ3) is 4.21. The minimum absolute atomic E-state index is 0.316. The highest BCUT2D eigenvalue weighted by molar-refractivity contribution is 7.98. The molecule has 0 aliphatic rings. The van der Waals surface area contributed by atoms with Gasteiger partial charge in [0, 0.05) is 17.6 Å². The maximum absolute atomic E-state index is 12.1. The SMILES string of the molecule is O=C(Nc1cccnc1)Nc1cccc(CSc2ncnc3[nH]ncc23)c1. The van der Waals surface area contributed by atoms with Gasteiger partial charge in [0.2, 0.25) is 0 Å². The summed E-state index contributed by atoms with van der Waals surface area (Å²) in [5, 5.41) is 14.2. The van der Waals surface area contributed by atoms with E-state index in [-0.39, 0.29) is 6.03 Å². The van der Waals surface area contributed by atoms with Gasteiger partial charge in [0.05, 0.1) is 23.5 Å². The van der Waals surface area contributed by atoms with E-state index in [0.717, 1.165) is 21.6 Å². The van der Waals surface area contributed by atoms with Crippen LogP contribution in [-0.4, -0.2) is 31.2 Å². The van der Waals surface area contributed by atoms with E-state index in [2.05, 4.69) is 35.8 Å². The minimum atomic E-state index is -0.316. The zero-order chi connectivity index (χ0) is 18.5. The van der Waals surface area contributed by atoms with E-state index in [1.165, 1.54) is 6.33 Å². The van der Waals surface area contributed by atoms with Gasteiger partial charge >= 0.3 is 6.03 Å². The normalized spacial score (nSPS) is 10.7. The molecule has 0 fully saturated rings. The Labute approximate surface area is 158 Å². The highest BCUT2D eigenvalue weighted by Crippen LogP contribution is 2.27. The number of carbonyl (C=O) groups is 1. The van der Waals surface area contributed by atoms with Crippen LogP contribution in [0.1, 0.15) is 5.56 Å². The predicted octanol–water partition coefficient (Wildman–Crippen LogP) is 3.68. The lowest BCUT2D eigenvalue weighted by molar-refractivity contribution is 0.262. The van der Waals surface area contributed by atoms with Gasteiger partial charge in [-0.25, -0.2) is 14.8 Å². The van der Waals surface area contributed by atoms with Crippen LogP contribution in [0.5, 0.6) is 0 Å². The third-order valence-electron chi connectivity index (χ3n) is 3.69. The number of thioether (sulfide) groups is 1. The Kier molecular flexibility index (Phi) is 4.93. The number of carbonyl (C=O) groups excluding carboxylic acids is 1. The molecule has 3 N–H and O–H groups in total. The summed E-state index contributed by atoms with van der Waals surface area (Å²) in [6.07, 6.45) is 6.48. The lowest BCUT2D eigenvalue weighted by atomic mass is 10.2. The second kappa shape index (κ2) is 7.83. The number of pyridine rings is 1. The molecular formula is C18H15N7OS. The van der Waals surface area contributed by atoms with Crippen LogP contribution in [0.25, 0.3) is 11.0 Å². The molecule has 0 bridgehead atoms. The maximum Gasteiger partial charge on any atom is 0.323 e. The number of aromatic nitrogens is 5. The highest BCUT2D eigenvalue weighted by Gasteiger charge is 2.07. The molecule has 134 valence electrons. The van der Waals surface area contributed by atoms with Crippen LogP contribution in [0, 0.1) is 0 Å². The van der Waals surface area contributed by atoms with E-state index < -0.39 is 0 Å². The molecule has 4 aromatic rings. The summed E-state index contributed by atoms with van der Waals surface area (Å²) in [7, 11) is 0. The third-order valence-corrected chi connectivity index (χ3v) is 4.77. The van der Waals surface area contributed by atoms with E-state index in [9.17, 15) is 4.79 Å². The summed E-state index contributed by atoms with van der Waals surface area (Å²) in [5.41, 5.74) is 3.13. The van der Waals surface area contributed by atoms with Crippen LogP contribution in [0.3, 0.4) is 0 Å². The van der Waals surface area contributed by atoms with Crippen molar-refractivity contribution in [3.05, 3.63) is 66.9 Å². The molecule has 0 saturated heterocycles. The van der Waals surface area contributed by atoms with Gasteiger partial charge in [-0.2, -0.15) is 5.10 Å². The summed E-state index contributed by atoms with van der Waals surface area (Å²) in [6.45, 7) is 0. The number of fused-ring (bicyclic) bond motifs is 1. The number of rotatable bonds is 5. The van der Waals surface area contributed by atoms with Gasteiger partial charge in [0.1, 0.15) is 11.4 Å². The van der Waals surface area contributed by atoms with Crippen molar-refractivity contribution in [3.8, 4) is 0 Å². The van der Waals surface area contributed by atoms with Crippen LogP contribution in [0.15, 0.2) is 66.3 Å². The first-order chi connectivity index (χ1) is 13.3. The van der Waals surface area contributed by atoms with Crippen LogP contribution in [0.4, 0.5) is 16.2 Å².